The van der Waals surface area contributed by atoms with Gasteiger partial charge in [0.15, 0.2) is 6.10 Å². The van der Waals surface area contributed by atoms with Gasteiger partial charge < -0.3 is 14.9 Å². The Morgan fingerprint density at radius 3 is 2.50 bits per heavy atom. The maximum Gasteiger partial charge on any atom is 0.337 e. The number of aliphatic carboxylic acids is 1. The van der Waals surface area contributed by atoms with Crippen LogP contribution in [-0.2, 0) is 17.6 Å². The maximum absolute atomic E-state index is 11.0. The average molecular weight is 250 g/mol. The molecule has 0 saturated heterocycles. The first-order valence-corrected chi connectivity index (χ1v) is 6.16. The maximum atomic E-state index is 11.0. The topological polar surface area (TPSA) is 66.8 Å². The Kier molecular flexibility index (Phi) is 3.57. The Bertz CT molecular complexity index is 479. The van der Waals surface area contributed by atoms with Crippen molar-refractivity contribution in [2.24, 2.45) is 0 Å². The normalized spacial score (nSPS) is 15.9. The van der Waals surface area contributed by atoms with Crippen LogP contribution in [0.25, 0.3) is 0 Å². The number of methoxy groups -OCH3 is 1. The minimum absolute atomic E-state index is 0.435. The molecule has 0 aliphatic heterocycles. The number of benzene rings is 1. The summed E-state index contributed by atoms with van der Waals surface area (Å²) in [7, 11) is 1.50. The molecule has 1 unspecified atom stereocenters. The third-order valence-electron chi connectivity index (χ3n) is 3.61. The number of aliphatic hydroxyl groups is 1. The summed E-state index contributed by atoms with van der Waals surface area (Å²) < 4.78 is 5.24. The van der Waals surface area contributed by atoms with Crippen molar-refractivity contribution in [1.29, 1.82) is 0 Å². The summed E-state index contributed by atoms with van der Waals surface area (Å²) >= 11 is 0. The second kappa shape index (κ2) is 4.98. The fourth-order valence-electron chi connectivity index (χ4n) is 2.74. The van der Waals surface area contributed by atoms with E-state index in [2.05, 4.69) is 0 Å². The molecule has 0 heterocycles. The van der Waals surface area contributed by atoms with Crippen LogP contribution in [0, 0.1) is 6.92 Å². The molecule has 0 saturated carbocycles. The van der Waals surface area contributed by atoms with Crippen molar-refractivity contribution in [3.63, 3.8) is 0 Å². The van der Waals surface area contributed by atoms with E-state index < -0.39 is 12.1 Å². The molecule has 0 radical (unpaired) electrons. The Labute approximate surface area is 106 Å². The molecular formula is C14H18O4. The van der Waals surface area contributed by atoms with Gasteiger partial charge >= 0.3 is 5.97 Å². The number of ether oxygens (including phenoxy) is 1. The van der Waals surface area contributed by atoms with Crippen molar-refractivity contribution in [2.75, 3.05) is 7.11 Å². The van der Waals surface area contributed by atoms with Gasteiger partial charge in [-0.15, -0.1) is 0 Å². The zero-order valence-electron chi connectivity index (χ0n) is 10.7. The monoisotopic (exact) mass is 250 g/mol. The number of aliphatic hydroxyl groups excluding tert-OH is 1. The molecule has 0 amide bonds. The number of aryl methyl sites for hydroxylation is 1. The van der Waals surface area contributed by atoms with Gasteiger partial charge in [0.2, 0.25) is 0 Å². The molecule has 0 bridgehead atoms. The minimum Gasteiger partial charge on any atom is -0.496 e. The second-order valence-corrected chi connectivity index (χ2v) is 4.71. The molecule has 2 rings (SSSR count). The first-order valence-electron chi connectivity index (χ1n) is 6.16. The Balaban J connectivity index is 2.64. The zero-order chi connectivity index (χ0) is 13.3. The number of carbonyl (C=O) groups is 1. The highest BCUT2D eigenvalue weighted by atomic mass is 16.5. The second-order valence-electron chi connectivity index (χ2n) is 4.71. The van der Waals surface area contributed by atoms with Crippen LogP contribution in [0.4, 0.5) is 0 Å². The van der Waals surface area contributed by atoms with E-state index in [4.69, 9.17) is 9.84 Å². The lowest BCUT2D eigenvalue weighted by atomic mass is 9.83. The smallest absolute Gasteiger partial charge is 0.337 e. The fourth-order valence-corrected chi connectivity index (χ4v) is 2.74. The number of carboxylic acid groups (broad SMARTS) is 1. The van der Waals surface area contributed by atoms with Gasteiger partial charge in [-0.05, 0) is 55.4 Å². The summed E-state index contributed by atoms with van der Waals surface area (Å²) in [4.78, 5) is 11.0. The van der Waals surface area contributed by atoms with E-state index in [9.17, 15) is 9.90 Å². The summed E-state index contributed by atoms with van der Waals surface area (Å²) in [6, 6.07) is 1.83. The van der Waals surface area contributed by atoms with E-state index in [1.54, 1.807) is 0 Å². The zero-order valence-corrected chi connectivity index (χ0v) is 10.7. The molecule has 2 N–H and O–H groups in total. The molecule has 4 heteroatoms. The average Bonchev–Trinajstić information content (AvgIpc) is 2.37. The first-order chi connectivity index (χ1) is 8.56. The van der Waals surface area contributed by atoms with Gasteiger partial charge in [-0.1, -0.05) is 0 Å². The number of rotatable bonds is 3. The molecule has 1 aliphatic carbocycles. The van der Waals surface area contributed by atoms with Gasteiger partial charge in [0.1, 0.15) is 5.75 Å². The van der Waals surface area contributed by atoms with Gasteiger partial charge in [0.25, 0.3) is 0 Å². The van der Waals surface area contributed by atoms with Crippen LogP contribution < -0.4 is 4.74 Å². The number of hydrogen-bond acceptors (Lipinski definition) is 3. The van der Waals surface area contributed by atoms with E-state index in [-0.39, 0.29) is 0 Å². The summed E-state index contributed by atoms with van der Waals surface area (Å²) in [5.74, 6) is -0.757. The van der Waals surface area contributed by atoms with Gasteiger partial charge in [-0.3, -0.25) is 0 Å². The molecule has 0 aromatic heterocycles. The molecular weight excluding hydrogens is 232 g/mol. The van der Waals surface area contributed by atoms with Crippen LogP contribution >= 0.6 is 0 Å². The number of carboxylic acids is 1. The quantitative estimate of drug-likeness (QED) is 0.861. The van der Waals surface area contributed by atoms with Gasteiger partial charge in [0, 0.05) is 5.56 Å². The number of hydrogen-bond donors (Lipinski definition) is 2. The van der Waals surface area contributed by atoms with E-state index in [0.717, 1.165) is 36.8 Å². The van der Waals surface area contributed by atoms with Crippen LogP contribution in [-0.4, -0.2) is 23.3 Å². The molecule has 98 valence electrons. The van der Waals surface area contributed by atoms with Crippen LogP contribution in [0.2, 0.25) is 0 Å². The summed E-state index contributed by atoms with van der Waals surface area (Å²) in [5.41, 5.74) is 3.69. The third kappa shape index (κ3) is 2.08. The molecule has 18 heavy (non-hydrogen) atoms. The predicted molar refractivity (Wildman–Crippen MR) is 67.0 cm³/mol. The standard InChI is InChI=1S/C14H18O4/c1-8-7-11(18-2)12(13(15)14(16)17)10-6-4-3-5-9(8)10/h7,13,15H,3-6H2,1-2H3,(H,16,17). The lowest BCUT2D eigenvalue weighted by Crippen LogP contribution is -2.18. The Morgan fingerprint density at radius 1 is 1.33 bits per heavy atom. The van der Waals surface area contributed by atoms with Gasteiger partial charge in [-0.25, -0.2) is 4.79 Å². The summed E-state index contributed by atoms with van der Waals surface area (Å²) in [6.45, 7) is 2.00. The highest BCUT2D eigenvalue weighted by molar-refractivity contribution is 5.76. The van der Waals surface area contributed by atoms with Crippen molar-refractivity contribution in [1.82, 2.24) is 0 Å². The van der Waals surface area contributed by atoms with Crippen molar-refractivity contribution < 1.29 is 19.7 Å². The Hall–Kier alpha value is -1.55. The van der Waals surface area contributed by atoms with E-state index in [1.807, 2.05) is 13.0 Å². The number of fused-ring (bicyclic) bond motifs is 1. The van der Waals surface area contributed by atoms with E-state index >= 15 is 0 Å². The molecule has 4 nitrogen and oxygen atoms in total. The molecule has 1 aliphatic rings. The van der Waals surface area contributed by atoms with Gasteiger partial charge in [-0.2, -0.15) is 0 Å². The molecule has 1 aromatic carbocycles. The third-order valence-corrected chi connectivity index (χ3v) is 3.61. The largest absolute Gasteiger partial charge is 0.496 e. The fraction of sp³-hybridized carbons (Fsp3) is 0.500. The molecule has 1 atom stereocenters. The Morgan fingerprint density at radius 2 is 1.94 bits per heavy atom. The van der Waals surface area contributed by atoms with Crippen molar-refractivity contribution in [3.8, 4) is 5.75 Å². The van der Waals surface area contributed by atoms with E-state index in [1.165, 1.54) is 12.7 Å². The van der Waals surface area contributed by atoms with Crippen molar-refractivity contribution in [3.05, 3.63) is 28.3 Å². The highest BCUT2D eigenvalue weighted by Gasteiger charge is 2.27. The molecule has 0 spiro atoms. The highest BCUT2D eigenvalue weighted by Crippen LogP contribution is 2.37. The van der Waals surface area contributed by atoms with Crippen LogP contribution in [0.1, 0.15) is 41.2 Å². The lowest BCUT2D eigenvalue weighted by molar-refractivity contribution is -0.147. The first kappa shape index (κ1) is 12.9. The van der Waals surface area contributed by atoms with Crippen molar-refractivity contribution in [2.45, 2.75) is 38.7 Å². The van der Waals surface area contributed by atoms with Crippen molar-refractivity contribution >= 4 is 5.97 Å². The minimum atomic E-state index is -1.51. The molecule has 1 aromatic rings. The predicted octanol–water partition coefficient (Wildman–Crippen LogP) is 2.00. The van der Waals surface area contributed by atoms with Crippen LogP contribution in [0.5, 0.6) is 5.75 Å². The van der Waals surface area contributed by atoms with Gasteiger partial charge in [0.05, 0.1) is 7.11 Å². The summed E-state index contributed by atoms with van der Waals surface area (Å²) in [5, 5.41) is 18.9. The SMILES string of the molecule is COc1cc(C)c2c(c1C(O)C(=O)O)CCCC2. The van der Waals surface area contributed by atoms with E-state index in [0.29, 0.717) is 11.3 Å². The lowest BCUT2D eigenvalue weighted by Gasteiger charge is -2.25. The summed E-state index contributed by atoms with van der Waals surface area (Å²) in [6.07, 6.45) is 2.40. The van der Waals surface area contributed by atoms with Crippen LogP contribution in [0.15, 0.2) is 6.07 Å². The van der Waals surface area contributed by atoms with Crippen LogP contribution in [0.3, 0.4) is 0 Å². The molecule has 0 fully saturated rings.